The number of fused-ring (bicyclic) bond motifs is 1. The smallest absolute Gasteiger partial charge is 0.346 e. The van der Waals surface area contributed by atoms with Gasteiger partial charge in [-0.25, -0.2) is 22.0 Å². The van der Waals surface area contributed by atoms with Gasteiger partial charge in [0.1, 0.15) is 16.5 Å². The third kappa shape index (κ3) is 4.33. The number of carboxylic acid groups (broad SMARTS) is 1. The zero-order chi connectivity index (χ0) is 22.2. The van der Waals surface area contributed by atoms with Crippen molar-refractivity contribution < 1.29 is 27.1 Å². The van der Waals surface area contributed by atoms with E-state index >= 15 is 0 Å². The van der Waals surface area contributed by atoms with E-state index in [9.17, 15) is 27.1 Å². The van der Waals surface area contributed by atoms with Gasteiger partial charge < -0.3 is 5.11 Å². The monoisotopic (exact) mass is 466 g/mol. The SMILES string of the molecule is O=C(O)c1sc2cccc(F)c2c1CN1CCCN(S(=O)(=O)c2ccc(F)cc2)CC1. The first-order valence-electron chi connectivity index (χ1n) is 9.68. The van der Waals surface area contributed by atoms with Gasteiger partial charge in [0.05, 0.1) is 4.90 Å². The molecule has 0 bridgehead atoms. The van der Waals surface area contributed by atoms with Crippen LogP contribution in [-0.4, -0.2) is 54.9 Å². The standard InChI is InChI=1S/C21H20F2N2O4S2/c22-14-5-7-15(8-6-14)31(28,29)25-10-2-9-24(11-12-25)13-16-19-17(23)3-1-4-18(19)30-20(16)21(26)27/h1,3-8H,2,9-13H2,(H,26,27). The second-order valence-electron chi connectivity index (χ2n) is 7.32. The van der Waals surface area contributed by atoms with Crippen LogP contribution >= 0.6 is 11.3 Å². The number of hydrogen-bond acceptors (Lipinski definition) is 5. The fraction of sp³-hybridized carbons (Fsp3) is 0.286. The molecule has 0 spiro atoms. The molecular formula is C21H20F2N2O4S2. The number of halogens is 2. The topological polar surface area (TPSA) is 77.9 Å². The molecule has 0 radical (unpaired) electrons. The van der Waals surface area contributed by atoms with Gasteiger partial charge in [0.15, 0.2) is 0 Å². The molecule has 4 rings (SSSR count). The highest BCUT2D eigenvalue weighted by atomic mass is 32.2. The summed E-state index contributed by atoms with van der Waals surface area (Å²) < 4.78 is 55.4. The Hall–Kier alpha value is -2.40. The van der Waals surface area contributed by atoms with Gasteiger partial charge in [-0.05, 0) is 49.4 Å². The lowest BCUT2D eigenvalue weighted by molar-refractivity contribution is 0.0700. The van der Waals surface area contributed by atoms with E-state index < -0.39 is 27.6 Å². The van der Waals surface area contributed by atoms with Crippen LogP contribution in [0.1, 0.15) is 21.7 Å². The third-order valence-electron chi connectivity index (χ3n) is 5.34. The number of aromatic carboxylic acids is 1. The Kier molecular flexibility index (Phi) is 6.07. The van der Waals surface area contributed by atoms with E-state index in [1.807, 2.05) is 4.90 Å². The second kappa shape index (κ2) is 8.62. The number of carbonyl (C=O) groups is 1. The summed E-state index contributed by atoms with van der Waals surface area (Å²) in [5, 5.41) is 9.90. The van der Waals surface area contributed by atoms with Crippen molar-refractivity contribution in [3.8, 4) is 0 Å². The Morgan fingerprint density at radius 2 is 1.77 bits per heavy atom. The molecule has 1 fully saturated rings. The van der Waals surface area contributed by atoms with Crippen LogP contribution in [0.3, 0.4) is 0 Å². The van der Waals surface area contributed by atoms with Crippen LogP contribution < -0.4 is 0 Å². The maximum Gasteiger partial charge on any atom is 0.346 e. The van der Waals surface area contributed by atoms with E-state index in [0.29, 0.717) is 41.7 Å². The zero-order valence-corrected chi connectivity index (χ0v) is 18.1. The Morgan fingerprint density at radius 1 is 1.03 bits per heavy atom. The van der Waals surface area contributed by atoms with Gasteiger partial charge >= 0.3 is 5.97 Å². The number of benzene rings is 2. The molecule has 6 nitrogen and oxygen atoms in total. The van der Waals surface area contributed by atoms with Crippen LogP contribution in [-0.2, 0) is 16.6 Å². The van der Waals surface area contributed by atoms with E-state index in [0.717, 1.165) is 23.5 Å². The highest BCUT2D eigenvalue weighted by Crippen LogP contribution is 2.34. The van der Waals surface area contributed by atoms with Gasteiger partial charge in [-0.1, -0.05) is 6.07 Å². The Morgan fingerprint density at radius 3 is 2.48 bits per heavy atom. The van der Waals surface area contributed by atoms with E-state index in [-0.39, 0.29) is 22.9 Å². The Balaban J connectivity index is 1.56. The van der Waals surface area contributed by atoms with Gasteiger partial charge in [0.25, 0.3) is 0 Å². The minimum atomic E-state index is -3.76. The molecule has 0 aliphatic carbocycles. The van der Waals surface area contributed by atoms with Crippen LogP contribution in [0, 0.1) is 11.6 Å². The first-order valence-corrected chi connectivity index (χ1v) is 11.9. The lowest BCUT2D eigenvalue weighted by atomic mass is 10.1. The van der Waals surface area contributed by atoms with Crippen LogP contribution in [0.5, 0.6) is 0 Å². The molecule has 1 saturated heterocycles. The first-order chi connectivity index (χ1) is 14.8. The Bertz CT molecular complexity index is 1230. The van der Waals surface area contributed by atoms with E-state index in [2.05, 4.69) is 0 Å². The van der Waals surface area contributed by atoms with Gasteiger partial charge in [0.2, 0.25) is 10.0 Å². The molecule has 3 aromatic rings. The van der Waals surface area contributed by atoms with Crippen molar-refractivity contribution >= 4 is 37.4 Å². The summed E-state index contributed by atoms with van der Waals surface area (Å²) >= 11 is 1.04. The number of nitrogens with zero attached hydrogens (tertiary/aromatic N) is 2. The number of carboxylic acids is 1. The van der Waals surface area contributed by atoms with Crippen molar-refractivity contribution in [3.63, 3.8) is 0 Å². The lowest BCUT2D eigenvalue weighted by Gasteiger charge is -2.22. The quantitative estimate of drug-likeness (QED) is 0.619. The summed E-state index contributed by atoms with van der Waals surface area (Å²) in [5.74, 6) is -2.08. The largest absolute Gasteiger partial charge is 0.477 e. The minimum absolute atomic E-state index is 0.0291. The van der Waals surface area contributed by atoms with E-state index in [1.54, 1.807) is 12.1 Å². The van der Waals surface area contributed by atoms with Gasteiger partial charge in [-0.2, -0.15) is 4.31 Å². The molecule has 10 heteroatoms. The summed E-state index contributed by atoms with van der Waals surface area (Å²) in [6.07, 6.45) is 0.535. The summed E-state index contributed by atoms with van der Waals surface area (Å²) in [6.45, 7) is 1.62. The second-order valence-corrected chi connectivity index (χ2v) is 10.3. The van der Waals surface area contributed by atoms with Crippen LogP contribution in [0.15, 0.2) is 47.4 Å². The third-order valence-corrected chi connectivity index (χ3v) is 8.44. The van der Waals surface area contributed by atoms with Gasteiger partial charge in [-0.3, -0.25) is 4.90 Å². The maximum atomic E-state index is 14.5. The highest BCUT2D eigenvalue weighted by Gasteiger charge is 2.28. The molecule has 164 valence electrons. The average molecular weight is 467 g/mol. The zero-order valence-electron chi connectivity index (χ0n) is 16.4. The molecule has 0 amide bonds. The predicted octanol–water partition coefficient (Wildman–Crippen LogP) is 3.77. The molecule has 1 N–H and O–H groups in total. The molecule has 1 aliphatic rings. The molecule has 1 aromatic heterocycles. The van der Waals surface area contributed by atoms with Crippen molar-refractivity contribution in [2.24, 2.45) is 0 Å². The first kappa shape index (κ1) is 21.8. The summed E-state index contributed by atoms with van der Waals surface area (Å²) in [6, 6.07) is 9.26. The highest BCUT2D eigenvalue weighted by molar-refractivity contribution is 7.89. The van der Waals surface area contributed by atoms with Gasteiger partial charge in [-0.15, -0.1) is 11.3 Å². The average Bonchev–Trinajstić information content (AvgIpc) is 2.93. The normalized spacial score (nSPS) is 16.5. The molecular weight excluding hydrogens is 446 g/mol. The van der Waals surface area contributed by atoms with Crippen molar-refractivity contribution in [3.05, 3.63) is 64.5 Å². The number of sulfonamides is 1. The Labute approximate surface area is 182 Å². The van der Waals surface area contributed by atoms with Crippen molar-refractivity contribution in [1.29, 1.82) is 0 Å². The molecule has 2 aromatic carbocycles. The molecule has 0 unspecified atom stereocenters. The maximum absolute atomic E-state index is 14.5. The van der Waals surface area contributed by atoms with E-state index in [1.165, 1.54) is 22.5 Å². The summed E-state index contributed by atoms with van der Waals surface area (Å²) in [5.41, 5.74) is 0.417. The fourth-order valence-corrected chi connectivity index (χ4v) is 6.35. The number of thiophene rings is 1. The summed E-state index contributed by atoms with van der Waals surface area (Å²) in [7, 11) is -3.76. The van der Waals surface area contributed by atoms with Crippen LogP contribution in [0.4, 0.5) is 8.78 Å². The molecule has 0 atom stereocenters. The van der Waals surface area contributed by atoms with Crippen molar-refractivity contribution in [2.75, 3.05) is 26.2 Å². The molecule has 2 heterocycles. The van der Waals surface area contributed by atoms with Gasteiger partial charge in [0, 0.05) is 41.8 Å². The molecule has 31 heavy (non-hydrogen) atoms. The van der Waals surface area contributed by atoms with E-state index in [4.69, 9.17) is 0 Å². The number of rotatable bonds is 5. The van der Waals surface area contributed by atoms with Crippen molar-refractivity contribution in [2.45, 2.75) is 17.9 Å². The molecule has 0 saturated carbocycles. The number of hydrogen-bond donors (Lipinski definition) is 1. The van der Waals surface area contributed by atoms with Crippen LogP contribution in [0.2, 0.25) is 0 Å². The summed E-state index contributed by atoms with van der Waals surface area (Å²) in [4.78, 5) is 13.8. The van der Waals surface area contributed by atoms with Crippen molar-refractivity contribution in [1.82, 2.24) is 9.21 Å². The molecule has 1 aliphatic heterocycles. The lowest BCUT2D eigenvalue weighted by Crippen LogP contribution is -2.35. The minimum Gasteiger partial charge on any atom is -0.477 e. The fourth-order valence-electron chi connectivity index (χ4n) is 3.82. The van der Waals surface area contributed by atoms with Crippen LogP contribution in [0.25, 0.3) is 10.1 Å². The predicted molar refractivity (Wildman–Crippen MR) is 114 cm³/mol.